The van der Waals surface area contributed by atoms with E-state index >= 15 is 0 Å². The van der Waals surface area contributed by atoms with Gasteiger partial charge in [-0.15, -0.1) is 0 Å². The largest absolute Gasteiger partial charge is 0.349 e. The zero-order chi connectivity index (χ0) is 23.6. The van der Waals surface area contributed by atoms with E-state index in [0.717, 1.165) is 9.13 Å². The molecule has 3 aromatic carbocycles. The van der Waals surface area contributed by atoms with E-state index in [1.54, 1.807) is 24.3 Å². The summed E-state index contributed by atoms with van der Waals surface area (Å²) in [6, 6.07) is 23.1. The molecule has 34 heavy (non-hydrogen) atoms. The Morgan fingerprint density at radius 1 is 0.765 bits per heavy atom. The predicted molar refractivity (Wildman–Crippen MR) is 130 cm³/mol. The van der Waals surface area contributed by atoms with E-state index in [4.69, 9.17) is 4.74 Å². The zero-order valence-corrected chi connectivity index (χ0v) is 20.0. The van der Waals surface area contributed by atoms with Crippen LogP contribution in [0.2, 0.25) is 0 Å². The summed E-state index contributed by atoms with van der Waals surface area (Å²) in [5.74, 6) is -4.21. The van der Waals surface area contributed by atoms with Gasteiger partial charge in [0.2, 0.25) is 29.0 Å². The Morgan fingerprint density at radius 2 is 1.35 bits per heavy atom. The lowest BCUT2D eigenvalue weighted by atomic mass is 9.77. The molecular weight excluding hydrogens is 545 g/mol. The molecule has 3 aromatic rings. The Hall–Kier alpha value is -3.17. The summed E-state index contributed by atoms with van der Waals surface area (Å²) in [6.07, 6.45) is -0.888. The van der Waals surface area contributed by atoms with Gasteiger partial charge in [-0.2, -0.15) is 0 Å². The third-order valence-corrected chi connectivity index (χ3v) is 7.71. The van der Waals surface area contributed by atoms with Gasteiger partial charge in [0.15, 0.2) is 0 Å². The van der Waals surface area contributed by atoms with Crippen molar-refractivity contribution in [2.24, 2.45) is 11.8 Å². The van der Waals surface area contributed by atoms with Crippen LogP contribution in [-0.2, 0) is 20.9 Å². The second kappa shape index (κ2) is 7.68. The lowest BCUT2D eigenvalue weighted by Gasteiger charge is -2.27. The fraction of sp³-hybridized carbons (Fsp3) is 0.185. The third kappa shape index (κ3) is 2.83. The van der Waals surface area contributed by atoms with Gasteiger partial charge in [0, 0.05) is 14.7 Å². The van der Waals surface area contributed by atoms with Crippen molar-refractivity contribution in [2.75, 3.05) is 0 Å². The minimum absolute atomic E-state index is 0.0797. The first-order valence-electron chi connectivity index (χ1n) is 10.9. The molecule has 7 heteroatoms. The molecule has 2 amide bonds. The van der Waals surface area contributed by atoms with Crippen molar-refractivity contribution in [3.05, 3.63) is 105 Å². The second-order valence-electron chi connectivity index (χ2n) is 8.78. The minimum Gasteiger partial charge on any atom is -0.349 e. The van der Waals surface area contributed by atoms with Gasteiger partial charge in [-0.3, -0.25) is 24.1 Å². The molecule has 0 bridgehead atoms. The predicted octanol–water partition coefficient (Wildman–Crippen LogP) is 3.98. The summed E-state index contributed by atoms with van der Waals surface area (Å²) in [5.41, 5.74) is -0.114. The van der Waals surface area contributed by atoms with Crippen molar-refractivity contribution < 1.29 is 23.9 Å². The molecule has 3 atom stereocenters. The van der Waals surface area contributed by atoms with Crippen LogP contribution in [0, 0.1) is 15.4 Å². The maximum atomic E-state index is 13.8. The number of carbonyl (C=O) groups excluding carboxylic acids is 4. The van der Waals surface area contributed by atoms with Crippen LogP contribution in [0.5, 0.6) is 0 Å². The van der Waals surface area contributed by atoms with Gasteiger partial charge < -0.3 is 4.74 Å². The number of carbonyl (C=O) groups is 4. The van der Waals surface area contributed by atoms with Gasteiger partial charge in [-0.25, -0.2) is 0 Å². The normalized spacial score (nSPS) is 24.7. The number of hydrogen-bond acceptors (Lipinski definition) is 5. The number of amides is 2. The van der Waals surface area contributed by atoms with E-state index in [2.05, 4.69) is 22.6 Å². The van der Waals surface area contributed by atoms with Crippen LogP contribution in [0.15, 0.2) is 78.9 Å². The molecule has 2 fully saturated rings. The molecule has 0 N–H and O–H groups in total. The van der Waals surface area contributed by atoms with Crippen molar-refractivity contribution in [3.8, 4) is 0 Å². The average molecular weight is 563 g/mol. The maximum absolute atomic E-state index is 13.8. The molecule has 0 radical (unpaired) electrons. The summed E-state index contributed by atoms with van der Waals surface area (Å²) < 4.78 is 7.27. The first kappa shape index (κ1) is 21.4. The van der Waals surface area contributed by atoms with E-state index in [9.17, 15) is 19.2 Å². The van der Waals surface area contributed by atoms with E-state index < -0.39 is 46.9 Å². The third-order valence-electron chi connectivity index (χ3n) is 6.99. The molecule has 2 heterocycles. The molecule has 0 aromatic heterocycles. The van der Waals surface area contributed by atoms with Crippen LogP contribution in [0.25, 0.3) is 0 Å². The number of likely N-dealkylation sites (tertiary alicyclic amines) is 1. The quantitative estimate of drug-likeness (QED) is 0.274. The number of hydrogen-bond donors (Lipinski definition) is 0. The molecule has 0 saturated carbocycles. The van der Waals surface area contributed by atoms with Crippen LogP contribution < -0.4 is 0 Å². The fourth-order valence-corrected chi connectivity index (χ4v) is 5.81. The number of imide groups is 1. The number of rotatable bonds is 3. The smallest absolute Gasteiger partial charge is 0.237 e. The molecular formula is C27H18INO5. The fourth-order valence-electron chi connectivity index (χ4n) is 5.45. The SMILES string of the molecule is O=C1C2C(c3ccc(I)cc3)OC3(C(=O)c4ccccc4C3=O)C2C(=O)N1Cc1ccccc1. The molecule has 3 unspecified atom stereocenters. The van der Waals surface area contributed by atoms with Gasteiger partial charge >= 0.3 is 0 Å². The number of halogens is 1. The number of nitrogens with zero attached hydrogens (tertiary/aromatic N) is 1. The summed E-state index contributed by atoms with van der Waals surface area (Å²) >= 11 is 2.17. The van der Waals surface area contributed by atoms with Crippen LogP contribution in [0.1, 0.15) is 37.9 Å². The molecule has 168 valence electrons. The minimum atomic E-state index is -2.03. The molecule has 1 spiro atoms. The monoisotopic (exact) mass is 563 g/mol. The standard InChI is InChI=1S/C27H18INO5/c28-17-12-10-16(11-13-17)22-20-21(26(33)29(25(20)32)14-15-6-2-1-3-7-15)27(34-22)23(30)18-8-4-5-9-19(18)24(27)31/h1-13,20-22H,14H2. The summed E-state index contributed by atoms with van der Waals surface area (Å²) in [7, 11) is 0. The lowest BCUT2D eigenvalue weighted by Crippen LogP contribution is -2.50. The molecule has 6 nitrogen and oxygen atoms in total. The molecule has 3 aliphatic rings. The van der Waals surface area contributed by atoms with E-state index in [0.29, 0.717) is 5.56 Å². The highest BCUT2D eigenvalue weighted by molar-refractivity contribution is 14.1. The highest BCUT2D eigenvalue weighted by atomic mass is 127. The van der Waals surface area contributed by atoms with Crippen LogP contribution >= 0.6 is 22.6 Å². The Morgan fingerprint density at radius 3 is 1.97 bits per heavy atom. The summed E-state index contributed by atoms with van der Waals surface area (Å²) in [6.45, 7) is 0.0797. The van der Waals surface area contributed by atoms with Crippen molar-refractivity contribution in [1.82, 2.24) is 4.90 Å². The second-order valence-corrected chi connectivity index (χ2v) is 10.0. The molecule has 1 aliphatic carbocycles. The number of ketones is 2. The summed E-state index contributed by atoms with van der Waals surface area (Å²) in [4.78, 5) is 56.0. The lowest BCUT2D eigenvalue weighted by molar-refractivity contribution is -0.145. The van der Waals surface area contributed by atoms with Gasteiger partial charge in [-0.05, 0) is 45.9 Å². The zero-order valence-electron chi connectivity index (χ0n) is 17.8. The van der Waals surface area contributed by atoms with E-state index in [1.165, 1.54) is 4.90 Å². The first-order chi connectivity index (χ1) is 16.4. The van der Waals surface area contributed by atoms with Gasteiger partial charge in [-0.1, -0.05) is 66.7 Å². The highest BCUT2D eigenvalue weighted by Crippen LogP contribution is 2.57. The number of Topliss-reactive ketones (excluding diaryl/α,β-unsaturated/α-hetero) is 2. The van der Waals surface area contributed by atoms with Crippen molar-refractivity contribution in [1.29, 1.82) is 0 Å². The molecule has 6 rings (SSSR count). The van der Waals surface area contributed by atoms with E-state index in [1.807, 2.05) is 54.6 Å². The average Bonchev–Trinajstić information content (AvgIpc) is 3.41. The van der Waals surface area contributed by atoms with Gasteiger partial charge in [0.1, 0.15) is 0 Å². The van der Waals surface area contributed by atoms with E-state index in [-0.39, 0.29) is 17.7 Å². The molecule has 2 saturated heterocycles. The molecule has 2 aliphatic heterocycles. The maximum Gasteiger partial charge on any atom is 0.237 e. The Kier molecular flexibility index (Phi) is 4.82. The van der Waals surface area contributed by atoms with Crippen LogP contribution in [0.4, 0.5) is 0 Å². The van der Waals surface area contributed by atoms with Crippen LogP contribution in [0.3, 0.4) is 0 Å². The Balaban J connectivity index is 1.49. The van der Waals surface area contributed by atoms with Crippen molar-refractivity contribution in [3.63, 3.8) is 0 Å². The van der Waals surface area contributed by atoms with Crippen LogP contribution in [-0.4, -0.2) is 33.9 Å². The number of benzene rings is 3. The first-order valence-corrected chi connectivity index (χ1v) is 12.0. The number of ether oxygens (including phenoxy) is 1. The number of fused-ring (bicyclic) bond motifs is 3. The highest BCUT2D eigenvalue weighted by Gasteiger charge is 2.74. The summed E-state index contributed by atoms with van der Waals surface area (Å²) in [5, 5.41) is 0. The van der Waals surface area contributed by atoms with Gasteiger partial charge in [0.25, 0.3) is 0 Å². The topological polar surface area (TPSA) is 80.8 Å². The Bertz CT molecular complexity index is 1330. The van der Waals surface area contributed by atoms with Gasteiger partial charge in [0.05, 0.1) is 24.5 Å². The van der Waals surface area contributed by atoms with Crippen molar-refractivity contribution >= 4 is 46.0 Å². The Labute approximate surface area is 209 Å². The van der Waals surface area contributed by atoms with Crippen molar-refractivity contribution in [2.45, 2.75) is 18.2 Å².